The molecule has 0 unspecified atom stereocenters. The predicted octanol–water partition coefficient (Wildman–Crippen LogP) is 2.86. The molecule has 0 radical (unpaired) electrons. The lowest BCUT2D eigenvalue weighted by Gasteiger charge is -2.13. The first kappa shape index (κ1) is 15.5. The van der Waals surface area contributed by atoms with E-state index < -0.39 is 4.92 Å². The van der Waals surface area contributed by atoms with E-state index in [0.717, 1.165) is 5.56 Å². The smallest absolute Gasteiger partial charge is 0.270 e. The molecule has 0 heterocycles. The molecule has 0 amide bonds. The van der Waals surface area contributed by atoms with E-state index in [9.17, 15) is 15.2 Å². The summed E-state index contributed by atoms with van der Waals surface area (Å²) >= 11 is 0. The van der Waals surface area contributed by atoms with E-state index in [1.54, 1.807) is 7.11 Å². The molecule has 0 saturated heterocycles. The van der Waals surface area contributed by atoms with Crippen molar-refractivity contribution < 1.29 is 14.8 Å². The number of ether oxygens (including phenoxy) is 1. The van der Waals surface area contributed by atoms with E-state index in [4.69, 9.17) is 4.74 Å². The number of nitrogens with zero attached hydrogens (tertiary/aromatic N) is 2. The van der Waals surface area contributed by atoms with Gasteiger partial charge in [-0.2, -0.15) is 0 Å². The number of hydrogen-bond acceptors (Lipinski definition) is 5. The summed E-state index contributed by atoms with van der Waals surface area (Å²) in [5.74, 6) is 0.398. The highest BCUT2D eigenvalue weighted by atomic mass is 16.6. The van der Waals surface area contributed by atoms with Crippen LogP contribution in [0.1, 0.15) is 24.1 Å². The normalized spacial score (nSPS) is 12.3. The predicted molar refractivity (Wildman–Crippen MR) is 81.5 cm³/mol. The van der Waals surface area contributed by atoms with Crippen LogP contribution in [-0.4, -0.2) is 18.2 Å². The minimum absolute atomic E-state index is 0.133. The summed E-state index contributed by atoms with van der Waals surface area (Å²) in [6.07, 6.45) is 1.37. The topological polar surface area (TPSA) is 87.8 Å². The van der Waals surface area contributed by atoms with Crippen molar-refractivity contribution in [2.45, 2.75) is 13.0 Å². The van der Waals surface area contributed by atoms with Gasteiger partial charge in [0.1, 0.15) is 5.75 Å². The molecule has 0 saturated carbocycles. The quantitative estimate of drug-likeness (QED) is 0.482. The van der Waals surface area contributed by atoms with Crippen molar-refractivity contribution in [1.82, 2.24) is 0 Å². The summed E-state index contributed by atoms with van der Waals surface area (Å²) in [6, 6.07) is 10.8. The summed E-state index contributed by atoms with van der Waals surface area (Å²) in [6.45, 7) is 1.86. The standard InChI is InChI=1S/C16H16N2O4/c1-11(14-5-3-4-6-16(14)22-2)17-10-12-9-13(18(20)21)7-8-15(12)19/h3-11,19H,1-2H3/p-1/t11-/m0/s1. The molecule has 0 aromatic heterocycles. The molecule has 0 bridgehead atoms. The van der Waals surface area contributed by atoms with Crippen LogP contribution in [0.3, 0.4) is 0 Å². The summed E-state index contributed by atoms with van der Waals surface area (Å²) < 4.78 is 5.27. The third-order valence-corrected chi connectivity index (χ3v) is 3.23. The third-order valence-electron chi connectivity index (χ3n) is 3.23. The zero-order chi connectivity index (χ0) is 16.1. The number of aliphatic imine (C=N–C) groups is 1. The average molecular weight is 299 g/mol. The van der Waals surface area contributed by atoms with E-state index in [1.165, 1.54) is 24.4 Å². The van der Waals surface area contributed by atoms with Gasteiger partial charge in [-0.05, 0) is 18.6 Å². The highest BCUT2D eigenvalue weighted by molar-refractivity contribution is 5.84. The van der Waals surface area contributed by atoms with Crippen LogP contribution in [0.15, 0.2) is 47.5 Å². The zero-order valence-electron chi connectivity index (χ0n) is 12.2. The Bertz CT molecular complexity index is 713. The Morgan fingerprint density at radius 1 is 1.27 bits per heavy atom. The third kappa shape index (κ3) is 3.41. The molecule has 0 fully saturated rings. The van der Waals surface area contributed by atoms with Crippen LogP contribution < -0.4 is 9.84 Å². The molecule has 6 heteroatoms. The number of methoxy groups -OCH3 is 1. The van der Waals surface area contributed by atoms with Crippen molar-refractivity contribution in [2.24, 2.45) is 4.99 Å². The Labute approximate surface area is 127 Å². The molecule has 1 atom stereocenters. The van der Waals surface area contributed by atoms with Crippen LogP contribution >= 0.6 is 0 Å². The van der Waals surface area contributed by atoms with Gasteiger partial charge >= 0.3 is 0 Å². The van der Waals surface area contributed by atoms with Crippen molar-refractivity contribution >= 4 is 11.9 Å². The maximum Gasteiger partial charge on any atom is 0.270 e. The van der Waals surface area contributed by atoms with Crippen molar-refractivity contribution in [3.63, 3.8) is 0 Å². The fourth-order valence-electron chi connectivity index (χ4n) is 2.03. The Hall–Kier alpha value is -2.89. The van der Waals surface area contributed by atoms with Crippen LogP contribution in [0.25, 0.3) is 0 Å². The first-order chi connectivity index (χ1) is 10.5. The number of benzene rings is 2. The summed E-state index contributed by atoms with van der Waals surface area (Å²) in [5.41, 5.74) is 0.932. The van der Waals surface area contributed by atoms with Gasteiger partial charge in [-0.1, -0.05) is 30.0 Å². The minimum atomic E-state index is -0.541. The van der Waals surface area contributed by atoms with Crippen LogP contribution in [0.5, 0.6) is 11.5 Å². The van der Waals surface area contributed by atoms with E-state index in [2.05, 4.69) is 4.99 Å². The van der Waals surface area contributed by atoms with Crippen molar-refractivity contribution in [3.8, 4) is 11.5 Å². The number of para-hydroxylation sites is 1. The highest BCUT2D eigenvalue weighted by Crippen LogP contribution is 2.27. The molecule has 2 aromatic carbocycles. The Balaban J connectivity index is 2.28. The molecule has 114 valence electrons. The van der Waals surface area contributed by atoms with E-state index in [-0.39, 0.29) is 23.0 Å². The van der Waals surface area contributed by atoms with Gasteiger partial charge in [0.15, 0.2) is 0 Å². The highest BCUT2D eigenvalue weighted by Gasteiger charge is 2.09. The van der Waals surface area contributed by atoms with Crippen LogP contribution in [0.4, 0.5) is 5.69 Å². The van der Waals surface area contributed by atoms with Gasteiger partial charge in [0.2, 0.25) is 0 Å². The first-order valence-corrected chi connectivity index (χ1v) is 6.64. The maximum absolute atomic E-state index is 11.7. The fourth-order valence-corrected chi connectivity index (χ4v) is 2.03. The van der Waals surface area contributed by atoms with Gasteiger partial charge in [-0.25, -0.2) is 0 Å². The molecule has 2 aromatic rings. The van der Waals surface area contributed by atoms with Crippen LogP contribution in [-0.2, 0) is 0 Å². The van der Waals surface area contributed by atoms with Crippen molar-refractivity contribution in [2.75, 3.05) is 7.11 Å². The molecule has 0 aliphatic rings. The summed E-state index contributed by atoms with van der Waals surface area (Å²) in [4.78, 5) is 14.5. The van der Waals surface area contributed by atoms with E-state index >= 15 is 0 Å². The lowest BCUT2D eigenvalue weighted by atomic mass is 10.1. The van der Waals surface area contributed by atoms with Crippen molar-refractivity contribution in [3.05, 3.63) is 63.7 Å². The molecular weight excluding hydrogens is 284 g/mol. The fraction of sp³-hybridized carbons (Fsp3) is 0.188. The van der Waals surface area contributed by atoms with Gasteiger partial charge in [-0.15, -0.1) is 0 Å². The Kier molecular flexibility index (Phi) is 4.73. The minimum Gasteiger partial charge on any atom is -0.872 e. The average Bonchev–Trinajstić information content (AvgIpc) is 2.53. The van der Waals surface area contributed by atoms with Gasteiger partial charge in [-0.3, -0.25) is 15.1 Å². The second-order valence-corrected chi connectivity index (χ2v) is 4.68. The second-order valence-electron chi connectivity index (χ2n) is 4.68. The zero-order valence-corrected chi connectivity index (χ0v) is 12.2. The van der Waals surface area contributed by atoms with Crippen molar-refractivity contribution in [1.29, 1.82) is 0 Å². The number of nitro groups is 1. The van der Waals surface area contributed by atoms with E-state index in [1.807, 2.05) is 31.2 Å². The number of nitro benzene ring substituents is 1. The first-order valence-electron chi connectivity index (χ1n) is 6.64. The monoisotopic (exact) mass is 299 g/mol. The largest absolute Gasteiger partial charge is 0.872 e. The Morgan fingerprint density at radius 3 is 2.68 bits per heavy atom. The number of hydrogen-bond donors (Lipinski definition) is 0. The summed E-state index contributed by atoms with van der Waals surface area (Å²) in [7, 11) is 1.57. The number of rotatable bonds is 5. The molecule has 6 nitrogen and oxygen atoms in total. The Morgan fingerprint density at radius 2 is 2.00 bits per heavy atom. The second kappa shape index (κ2) is 6.71. The van der Waals surface area contributed by atoms with Gasteiger partial charge < -0.3 is 9.84 Å². The van der Waals surface area contributed by atoms with Gasteiger partial charge in [0, 0.05) is 23.9 Å². The van der Waals surface area contributed by atoms with Crippen LogP contribution in [0, 0.1) is 10.1 Å². The molecule has 0 N–H and O–H groups in total. The van der Waals surface area contributed by atoms with Gasteiger partial charge in [0.25, 0.3) is 5.69 Å². The molecule has 22 heavy (non-hydrogen) atoms. The molecule has 2 rings (SSSR count). The SMILES string of the molecule is COc1ccccc1[C@H](C)N=Cc1cc([N+](=O)[O-])ccc1[O-]. The van der Waals surface area contributed by atoms with Crippen LogP contribution in [0.2, 0.25) is 0 Å². The molecular formula is C16H15N2O4-. The van der Waals surface area contributed by atoms with Gasteiger partial charge in [0.05, 0.1) is 18.1 Å². The summed E-state index contributed by atoms with van der Waals surface area (Å²) in [5, 5.41) is 22.5. The molecule has 0 spiro atoms. The lowest BCUT2D eigenvalue weighted by molar-refractivity contribution is -0.385. The maximum atomic E-state index is 11.7. The lowest BCUT2D eigenvalue weighted by Crippen LogP contribution is -2.00. The molecule has 0 aliphatic heterocycles. The number of non-ortho nitro benzene ring substituents is 1. The molecule has 0 aliphatic carbocycles. The van der Waals surface area contributed by atoms with E-state index in [0.29, 0.717) is 5.75 Å².